The summed E-state index contributed by atoms with van der Waals surface area (Å²) in [7, 11) is 0. The molecule has 1 aliphatic carbocycles. The molecule has 7 heteroatoms. The van der Waals surface area contributed by atoms with E-state index in [1.165, 1.54) is 6.07 Å². The fourth-order valence-electron chi connectivity index (χ4n) is 4.59. The summed E-state index contributed by atoms with van der Waals surface area (Å²) in [6.45, 7) is 2.84. The molecule has 2 N–H and O–H groups in total. The van der Waals surface area contributed by atoms with Gasteiger partial charge in [0, 0.05) is 18.4 Å². The normalized spacial score (nSPS) is 19.5. The van der Waals surface area contributed by atoms with Gasteiger partial charge in [-0.2, -0.15) is 5.10 Å². The van der Waals surface area contributed by atoms with Gasteiger partial charge in [-0.25, -0.2) is 9.07 Å². The summed E-state index contributed by atoms with van der Waals surface area (Å²) in [5, 5.41) is 25.6. The van der Waals surface area contributed by atoms with Gasteiger partial charge in [-0.15, -0.1) is 0 Å². The second kappa shape index (κ2) is 8.08. The van der Waals surface area contributed by atoms with Crippen molar-refractivity contribution in [3.05, 3.63) is 71.2 Å². The number of aromatic nitrogens is 2. The molecule has 1 saturated heterocycles. The molecule has 1 aliphatic heterocycles. The Morgan fingerprint density at radius 1 is 1.00 bits per heavy atom. The number of benzene rings is 2. The minimum Gasteiger partial charge on any atom is -0.392 e. The van der Waals surface area contributed by atoms with Crippen LogP contribution in [0, 0.1) is 12.7 Å². The van der Waals surface area contributed by atoms with Gasteiger partial charge in [0.05, 0.1) is 36.9 Å². The molecule has 1 spiro atoms. The summed E-state index contributed by atoms with van der Waals surface area (Å²) in [5.74, 6) is -0.876. The Bertz CT molecular complexity index is 1110. The average Bonchev–Trinajstić information content (AvgIpc) is 3.46. The van der Waals surface area contributed by atoms with Crippen LogP contribution in [0.25, 0.3) is 16.9 Å². The zero-order chi connectivity index (χ0) is 22.3. The summed E-state index contributed by atoms with van der Waals surface area (Å²) >= 11 is 0. The van der Waals surface area contributed by atoms with Crippen molar-refractivity contribution in [2.24, 2.45) is 0 Å². The molecule has 5 rings (SSSR count). The lowest BCUT2D eigenvalue weighted by atomic mass is 9.79. The highest BCUT2D eigenvalue weighted by atomic mass is 19.1. The van der Waals surface area contributed by atoms with E-state index in [0.29, 0.717) is 61.4 Å². The lowest BCUT2D eigenvalue weighted by molar-refractivity contribution is -0.204. The van der Waals surface area contributed by atoms with Gasteiger partial charge in [0.1, 0.15) is 11.4 Å². The Labute approximate surface area is 186 Å². The third-order valence-electron chi connectivity index (χ3n) is 6.67. The number of nitrogens with zero attached hydrogens (tertiary/aromatic N) is 2. The van der Waals surface area contributed by atoms with Crippen LogP contribution < -0.4 is 0 Å². The van der Waals surface area contributed by atoms with E-state index in [2.05, 4.69) is 0 Å². The number of ether oxygens (including phenoxy) is 2. The van der Waals surface area contributed by atoms with Crippen molar-refractivity contribution in [3.8, 4) is 16.9 Å². The van der Waals surface area contributed by atoms with E-state index in [9.17, 15) is 14.6 Å². The third-order valence-corrected chi connectivity index (χ3v) is 6.67. The van der Waals surface area contributed by atoms with E-state index in [-0.39, 0.29) is 12.4 Å². The predicted octanol–water partition coefficient (Wildman–Crippen LogP) is 3.98. The van der Waals surface area contributed by atoms with Crippen molar-refractivity contribution in [1.82, 2.24) is 9.78 Å². The van der Waals surface area contributed by atoms with Crippen LogP contribution in [0.1, 0.15) is 42.5 Å². The molecule has 2 aromatic carbocycles. The fourth-order valence-corrected chi connectivity index (χ4v) is 4.59. The molecular formula is C25H27FN2O4. The molecule has 0 radical (unpaired) electrons. The SMILES string of the molecule is Cc1ccc(-c2cc(C3(O)CCC4(CC3)OCCO4)nn2-c2ccc(CO)cc2)cc1F. The predicted molar refractivity (Wildman–Crippen MR) is 117 cm³/mol. The van der Waals surface area contributed by atoms with Crippen LogP contribution in [0.2, 0.25) is 0 Å². The van der Waals surface area contributed by atoms with E-state index in [1.807, 2.05) is 36.4 Å². The minimum atomic E-state index is -1.12. The number of aryl methyl sites for hydroxylation is 1. The Morgan fingerprint density at radius 3 is 2.31 bits per heavy atom. The minimum absolute atomic E-state index is 0.0493. The Kier molecular flexibility index (Phi) is 5.37. The maximum atomic E-state index is 14.4. The number of aliphatic hydroxyl groups excluding tert-OH is 1. The van der Waals surface area contributed by atoms with E-state index < -0.39 is 11.4 Å². The van der Waals surface area contributed by atoms with Crippen molar-refractivity contribution in [2.45, 2.75) is 50.6 Å². The maximum absolute atomic E-state index is 14.4. The molecule has 168 valence electrons. The van der Waals surface area contributed by atoms with Crippen LogP contribution in [-0.2, 0) is 21.7 Å². The van der Waals surface area contributed by atoms with Gasteiger partial charge in [-0.3, -0.25) is 0 Å². The largest absolute Gasteiger partial charge is 0.392 e. The van der Waals surface area contributed by atoms with E-state index in [1.54, 1.807) is 17.7 Å². The summed E-state index contributed by atoms with van der Waals surface area (Å²) in [6, 6.07) is 14.3. The molecule has 2 aliphatic rings. The standard InChI is InChI=1S/C25H27FN2O4/c1-17-2-5-19(14-21(17)26)22-15-23(27-28(22)20-6-3-18(16-29)4-7-20)24(30)8-10-25(11-9-24)31-12-13-32-25/h2-7,14-15,29-30H,8-13,16H2,1H3. The highest BCUT2D eigenvalue weighted by molar-refractivity contribution is 5.63. The molecular weight excluding hydrogens is 411 g/mol. The molecule has 6 nitrogen and oxygen atoms in total. The highest BCUT2D eigenvalue weighted by Gasteiger charge is 2.47. The molecule has 0 atom stereocenters. The lowest BCUT2D eigenvalue weighted by Gasteiger charge is -2.39. The van der Waals surface area contributed by atoms with Crippen LogP contribution in [0.15, 0.2) is 48.5 Å². The Balaban J connectivity index is 1.55. The van der Waals surface area contributed by atoms with Gasteiger partial charge in [0.25, 0.3) is 0 Å². The van der Waals surface area contributed by atoms with Gasteiger partial charge in [-0.1, -0.05) is 24.3 Å². The monoisotopic (exact) mass is 438 g/mol. The van der Waals surface area contributed by atoms with Crippen molar-refractivity contribution in [2.75, 3.05) is 13.2 Å². The van der Waals surface area contributed by atoms with Gasteiger partial charge < -0.3 is 19.7 Å². The molecule has 32 heavy (non-hydrogen) atoms. The zero-order valence-corrected chi connectivity index (χ0v) is 18.1. The van der Waals surface area contributed by atoms with E-state index >= 15 is 0 Å². The van der Waals surface area contributed by atoms with Crippen LogP contribution in [0.4, 0.5) is 4.39 Å². The van der Waals surface area contributed by atoms with E-state index in [0.717, 1.165) is 11.3 Å². The van der Waals surface area contributed by atoms with Gasteiger partial charge in [0.15, 0.2) is 5.79 Å². The highest BCUT2D eigenvalue weighted by Crippen LogP contribution is 2.45. The maximum Gasteiger partial charge on any atom is 0.168 e. The van der Waals surface area contributed by atoms with Crippen molar-refractivity contribution < 1.29 is 24.1 Å². The molecule has 1 aromatic heterocycles. The molecule has 2 heterocycles. The van der Waals surface area contributed by atoms with Crippen molar-refractivity contribution >= 4 is 0 Å². The smallest absolute Gasteiger partial charge is 0.168 e. The molecule has 0 bridgehead atoms. The third kappa shape index (κ3) is 3.75. The van der Waals surface area contributed by atoms with Crippen LogP contribution in [0.3, 0.4) is 0 Å². The summed E-state index contributed by atoms with van der Waals surface area (Å²) < 4.78 is 27.7. The number of halogens is 1. The lowest BCUT2D eigenvalue weighted by Crippen LogP contribution is -2.42. The number of aliphatic hydroxyl groups is 2. The first-order valence-electron chi connectivity index (χ1n) is 11.0. The second-order valence-corrected chi connectivity index (χ2v) is 8.75. The van der Waals surface area contributed by atoms with E-state index in [4.69, 9.17) is 14.6 Å². The number of hydrogen-bond donors (Lipinski definition) is 2. The van der Waals surface area contributed by atoms with Crippen molar-refractivity contribution in [1.29, 1.82) is 0 Å². The van der Waals surface area contributed by atoms with Crippen LogP contribution in [-0.4, -0.2) is 39.0 Å². The van der Waals surface area contributed by atoms with Gasteiger partial charge in [-0.05, 0) is 55.2 Å². The first-order valence-corrected chi connectivity index (χ1v) is 11.0. The number of hydrogen-bond acceptors (Lipinski definition) is 5. The van der Waals surface area contributed by atoms with Crippen molar-refractivity contribution in [3.63, 3.8) is 0 Å². The summed E-state index contributed by atoms with van der Waals surface area (Å²) in [5.41, 5.74) is 2.93. The first-order chi connectivity index (χ1) is 15.4. The number of rotatable bonds is 4. The van der Waals surface area contributed by atoms with Crippen LogP contribution in [0.5, 0.6) is 0 Å². The summed E-state index contributed by atoms with van der Waals surface area (Å²) in [6.07, 6.45) is 2.12. The Hall–Kier alpha value is -2.58. The second-order valence-electron chi connectivity index (χ2n) is 8.75. The molecule has 3 aromatic rings. The molecule has 2 fully saturated rings. The molecule has 1 saturated carbocycles. The van der Waals surface area contributed by atoms with Crippen LogP contribution >= 0.6 is 0 Å². The average molecular weight is 438 g/mol. The Morgan fingerprint density at radius 2 is 1.69 bits per heavy atom. The van der Waals surface area contributed by atoms with Gasteiger partial charge in [0.2, 0.25) is 0 Å². The molecule has 0 amide bonds. The zero-order valence-electron chi connectivity index (χ0n) is 18.1. The quantitative estimate of drug-likeness (QED) is 0.644. The first kappa shape index (κ1) is 21.3. The fraction of sp³-hybridized carbons (Fsp3) is 0.400. The molecule has 0 unspecified atom stereocenters. The topological polar surface area (TPSA) is 76.7 Å². The van der Waals surface area contributed by atoms with Gasteiger partial charge >= 0.3 is 0 Å². The summed E-state index contributed by atoms with van der Waals surface area (Å²) in [4.78, 5) is 0.